The summed E-state index contributed by atoms with van der Waals surface area (Å²) < 4.78 is 8.06. The summed E-state index contributed by atoms with van der Waals surface area (Å²) >= 11 is 0. The van der Waals surface area contributed by atoms with Gasteiger partial charge in [-0.1, -0.05) is 36.9 Å². The van der Waals surface area contributed by atoms with Crippen molar-refractivity contribution in [2.75, 3.05) is 13.2 Å². The molecule has 0 saturated heterocycles. The summed E-state index contributed by atoms with van der Waals surface area (Å²) in [7, 11) is 0. The van der Waals surface area contributed by atoms with Crippen LogP contribution in [0.15, 0.2) is 66.7 Å². The van der Waals surface area contributed by atoms with E-state index in [1.165, 1.54) is 0 Å². The second-order valence-electron chi connectivity index (χ2n) is 6.47. The molecule has 0 unspecified atom stereocenters. The number of nitrogens with zero attached hydrogens (tertiary/aromatic N) is 2. The van der Waals surface area contributed by atoms with Crippen molar-refractivity contribution in [2.45, 2.75) is 26.3 Å². The SMILES string of the molecule is C=C(C)C(=O)NCCCc1nc2ccccc2n1CCOc1ccccc1. The number of carbonyl (C=O) groups is 1. The Morgan fingerprint density at radius 2 is 1.89 bits per heavy atom. The monoisotopic (exact) mass is 363 g/mol. The van der Waals surface area contributed by atoms with Gasteiger partial charge < -0.3 is 14.6 Å². The van der Waals surface area contributed by atoms with Gasteiger partial charge in [-0.2, -0.15) is 0 Å². The number of fused-ring (bicyclic) bond motifs is 1. The molecule has 140 valence electrons. The zero-order chi connectivity index (χ0) is 19.1. The van der Waals surface area contributed by atoms with Gasteiger partial charge in [0.25, 0.3) is 0 Å². The Bertz CT molecular complexity index is 916. The van der Waals surface area contributed by atoms with Gasteiger partial charge in [0.1, 0.15) is 18.2 Å². The number of hydrogen-bond acceptors (Lipinski definition) is 3. The normalized spacial score (nSPS) is 10.7. The standard InChI is InChI=1S/C22H25N3O2/c1-17(2)22(26)23-14-8-13-21-24-19-11-6-7-12-20(19)25(21)15-16-27-18-9-4-3-5-10-18/h3-7,9-12H,1,8,13-16H2,2H3,(H,23,26). The second-order valence-corrected chi connectivity index (χ2v) is 6.47. The van der Waals surface area contributed by atoms with Crippen LogP contribution in [-0.2, 0) is 17.8 Å². The lowest BCUT2D eigenvalue weighted by molar-refractivity contribution is -0.117. The number of para-hydroxylation sites is 3. The van der Waals surface area contributed by atoms with Gasteiger partial charge in [0.15, 0.2) is 0 Å². The molecule has 1 N–H and O–H groups in total. The van der Waals surface area contributed by atoms with E-state index in [9.17, 15) is 4.79 Å². The topological polar surface area (TPSA) is 56.2 Å². The number of hydrogen-bond donors (Lipinski definition) is 1. The van der Waals surface area contributed by atoms with Crippen LogP contribution >= 0.6 is 0 Å². The molecule has 0 spiro atoms. The van der Waals surface area contributed by atoms with Crippen LogP contribution in [-0.4, -0.2) is 28.6 Å². The van der Waals surface area contributed by atoms with Gasteiger partial charge in [0.2, 0.25) is 5.91 Å². The third-order valence-electron chi connectivity index (χ3n) is 4.31. The van der Waals surface area contributed by atoms with E-state index in [1.54, 1.807) is 6.92 Å². The van der Waals surface area contributed by atoms with Crippen molar-refractivity contribution >= 4 is 16.9 Å². The van der Waals surface area contributed by atoms with Crippen LogP contribution in [0.5, 0.6) is 5.75 Å². The molecule has 0 bridgehead atoms. The van der Waals surface area contributed by atoms with E-state index in [1.807, 2.05) is 48.5 Å². The summed E-state index contributed by atoms with van der Waals surface area (Å²) in [6.45, 7) is 7.27. The smallest absolute Gasteiger partial charge is 0.246 e. The van der Waals surface area contributed by atoms with E-state index in [2.05, 4.69) is 22.5 Å². The average Bonchev–Trinajstić information content (AvgIpc) is 3.03. The van der Waals surface area contributed by atoms with Gasteiger partial charge in [-0.25, -0.2) is 4.98 Å². The number of carbonyl (C=O) groups excluding carboxylic acids is 1. The van der Waals surface area contributed by atoms with Crippen LogP contribution in [0.1, 0.15) is 19.2 Å². The molecule has 1 heterocycles. The van der Waals surface area contributed by atoms with Crippen molar-refractivity contribution in [3.05, 3.63) is 72.6 Å². The molecule has 2 aromatic carbocycles. The van der Waals surface area contributed by atoms with Gasteiger partial charge in [-0.3, -0.25) is 4.79 Å². The molecule has 5 heteroatoms. The van der Waals surface area contributed by atoms with E-state index < -0.39 is 0 Å². The molecular formula is C22H25N3O2. The summed E-state index contributed by atoms with van der Waals surface area (Å²) in [5.74, 6) is 1.78. The fourth-order valence-electron chi connectivity index (χ4n) is 2.94. The number of rotatable bonds is 9. The molecule has 5 nitrogen and oxygen atoms in total. The van der Waals surface area contributed by atoms with Crippen LogP contribution < -0.4 is 10.1 Å². The Hall–Kier alpha value is -3.08. The number of nitrogens with one attached hydrogen (secondary N) is 1. The molecule has 0 atom stereocenters. The van der Waals surface area contributed by atoms with E-state index >= 15 is 0 Å². The van der Waals surface area contributed by atoms with Crippen molar-refractivity contribution in [3.8, 4) is 5.75 Å². The number of imidazole rings is 1. The largest absolute Gasteiger partial charge is 0.492 e. The molecule has 0 aliphatic heterocycles. The van der Waals surface area contributed by atoms with Crippen molar-refractivity contribution in [1.29, 1.82) is 0 Å². The fraction of sp³-hybridized carbons (Fsp3) is 0.273. The first-order valence-corrected chi connectivity index (χ1v) is 9.21. The zero-order valence-corrected chi connectivity index (χ0v) is 15.6. The highest BCUT2D eigenvalue weighted by Gasteiger charge is 2.10. The lowest BCUT2D eigenvalue weighted by atomic mass is 10.2. The third kappa shape index (κ3) is 4.97. The minimum atomic E-state index is -0.0974. The molecule has 0 radical (unpaired) electrons. The lowest BCUT2D eigenvalue weighted by Gasteiger charge is -2.11. The average molecular weight is 363 g/mol. The first-order chi connectivity index (χ1) is 13.1. The van der Waals surface area contributed by atoms with Gasteiger partial charge in [0, 0.05) is 18.5 Å². The highest BCUT2D eigenvalue weighted by molar-refractivity contribution is 5.92. The van der Waals surface area contributed by atoms with Gasteiger partial charge in [0.05, 0.1) is 17.6 Å². The predicted octanol–water partition coefficient (Wildman–Crippen LogP) is 3.74. The Morgan fingerprint density at radius 1 is 1.15 bits per heavy atom. The maximum absolute atomic E-state index is 11.6. The number of aryl methyl sites for hydroxylation is 1. The summed E-state index contributed by atoms with van der Waals surface area (Å²) in [4.78, 5) is 16.4. The zero-order valence-electron chi connectivity index (χ0n) is 15.6. The Morgan fingerprint density at radius 3 is 2.67 bits per heavy atom. The molecule has 27 heavy (non-hydrogen) atoms. The van der Waals surface area contributed by atoms with Crippen molar-refractivity contribution in [2.24, 2.45) is 0 Å². The highest BCUT2D eigenvalue weighted by atomic mass is 16.5. The van der Waals surface area contributed by atoms with E-state index in [0.717, 1.165) is 42.0 Å². The predicted molar refractivity (Wildman–Crippen MR) is 108 cm³/mol. The molecule has 3 rings (SSSR count). The lowest BCUT2D eigenvalue weighted by Crippen LogP contribution is -2.25. The maximum atomic E-state index is 11.6. The van der Waals surface area contributed by atoms with Gasteiger partial charge in [-0.05, 0) is 37.6 Å². The molecule has 1 aromatic heterocycles. The molecule has 0 saturated carbocycles. The molecule has 1 amide bonds. The molecule has 0 fully saturated rings. The summed E-state index contributed by atoms with van der Waals surface area (Å²) in [6.07, 6.45) is 1.61. The molecular weight excluding hydrogens is 338 g/mol. The number of amides is 1. The third-order valence-corrected chi connectivity index (χ3v) is 4.31. The minimum Gasteiger partial charge on any atom is -0.492 e. The maximum Gasteiger partial charge on any atom is 0.246 e. The Balaban J connectivity index is 1.64. The quantitative estimate of drug-likeness (QED) is 0.465. The first-order valence-electron chi connectivity index (χ1n) is 9.21. The Kier molecular flexibility index (Phi) is 6.26. The molecule has 0 aliphatic rings. The summed E-state index contributed by atoms with van der Waals surface area (Å²) in [6, 6.07) is 17.9. The van der Waals surface area contributed by atoms with Crippen LogP contribution in [0, 0.1) is 0 Å². The number of benzene rings is 2. The van der Waals surface area contributed by atoms with E-state index in [0.29, 0.717) is 18.7 Å². The summed E-state index contributed by atoms with van der Waals surface area (Å²) in [5, 5.41) is 2.87. The van der Waals surface area contributed by atoms with E-state index in [-0.39, 0.29) is 5.91 Å². The van der Waals surface area contributed by atoms with E-state index in [4.69, 9.17) is 9.72 Å². The van der Waals surface area contributed by atoms with Gasteiger partial charge in [-0.15, -0.1) is 0 Å². The fourth-order valence-corrected chi connectivity index (χ4v) is 2.94. The second kappa shape index (κ2) is 9.03. The van der Waals surface area contributed by atoms with Crippen LogP contribution in [0.3, 0.4) is 0 Å². The number of aromatic nitrogens is 2. The molecule has 0 aliphatic carbocycles. The van der Waals surface area contributed by atoms with Crippen molar-refractivity contribution in [1.82, 2.24) is 14.9 Å². The highest BCUT2D eigenvalue weighted by Crippen LogP contribution is 2.17. The van der Waals surface area contributed by atoms with Crippen LogP contribution in [0.25, 0.3) is 11.0 Å². The van der Waals surface area contributed by atoms with Crippen LogP contribution in [0.2, 0.25) is 0 Å². The number of ether oxygens (including phenoxy) is 1. The van der Waals surface area contributed by atoms with Gasteiger partial charge >= 0.3 is 0 Å². The van der Waals surface area contributed by atoms with Crippen molar-refractivity contribution in [3.63, 3.8) is 0 Å². The minimum absolute atomic E-state index is 0.0974. The Labute approximate surface area is 159 Å². The summed E-state index contributed by atoms with van der Waals surface area (Å²) in [5.41, 5.74) is 2.62. The van der Waals surface area contributed by atoms with Crippen LogP contribution in [0.4, 0.5) is 0 Å². The molecule has 3 aromatic rings. The van der Waals surface area contributed by atoms with Crippen molar-refractivity contribution < 1.29 is 9.53 Å². The first kappa shape index (κ1) is 18.7.